The lowest BCUT2D eigenvalue weighted by Crippen LogP contribution is -1.83. The van der Waals surface area contributed by atoms with Crippen molar-refractivity contribution in [2.24, 2.45) is 0 Å². The van der Waals surface area contributed by atoms with Crippen LogP contribution in [0.3, 0.4) is 0 Å². The molecule has 0 spiro atoms. The van der Waals surface area contributed by atoms with Gasteiger partial charge in [0.25, 0.3) is 0 Å². The zero-order valence-corrected chi connectivity index (χ0v) is 7.21. The second kappa shape index (κ2) is 4.86. The van der Waals surface area contributed by atoms with Gasteiger partial charge in [-0.3, -0.25) is 9.59 Å². The van der Waals surface area contributed by atoms with E-state index in [0.29, 0.717) is 24.4 Å². The van der Waals surface area contributed by atoms with E-state index in [4.69, 9.17) is 0 Å². The van der Waals surface area contributed by atoms with E-state index in [-0.39, 0.29) is 0 Å². The Balaban J connectivity index is 0.000000120. The Kier molecular flexibility index (Phi) is 3.71. The normalized spacial score (nSPS) is 21.0. The van der Waals surface area contributed by atoms with Crippen LogP contribution < -0.4 is 0 Å². The van der Waals surface area contributed by atoms with Crippen molar-refractivity contribution in [3.63, 3.8) is 0 Å². The van der Waals surface area contributed by atoms with Gasteiger partial charge in [0.2, 0.25) is 0 Å². The van der Waals surface area contributed by atoms with Gasteiger partial charge in [0.1, 0.15) is 11.6 Å². The molecule has 2 nitrogen and oxygen atoms in total. The lowest BCUT2D eigenvalue weighted by atomic mass is 10.3. The molecule has 0 aromatic carbocycles. The Morgan fingerprint density at radius 2 is 1.33 bits per heavy atom. The predicted molar refractivity (Wildman–Crippen MR) is 46.9 cm³/mol. The third-order valence-electron chi connectivity index (χ3n) is 2.02. The Morgan fingerprint density at radius 3 is 1.50 bits per heavy atom. The van der Waals surface area contributed by atoms with Crippen molar-refractivity contribution in [1.82, 2.24) is 0 Å². The summed E-state index contributed by atoms with van der Waals surface area (Å²) in [6, 6.07) is 0. The van der Waals surface area contributed by atoms with Gasteiger partial charge in [0.05, 0.1) is 0 Å². The number of Topliss-reactive ketones (excluding diaryl/α,β-unsaturated/α-hetero) is 2. The van der Waals surface area contributed by atoms with Gasteiger partial charge in [-0.1, -0.05) is 12.2 Å². The highest BCUT2D eigenvalue weighted by Gasteiger charge is 2.07. The molecule has 12 heavy (non-hydrogen) atoms. The van der Waals surface area contributed by atoms with Crippen molar-refractivity contribution in [2.75, 3.05) is 0 Å². The van der Waals surface area contributed by atoms with Gasteiger partial charge in [-0.15, -0.1) is 0 Å². The molecule has 1 saturated carbocycles. The first-order chi connectivity index (χ1) is 5.79. The number of rotatable bonds is 0. The minimum absolute atomic E-state index is 0.343. The van der Waals surface area contributed by atoms with Gasteiger partial charge in [-0.25, -0.2) is 0 Å². The molecule has 0 bridgehead atoms. The first kappa shape index (κ1) is 9.17. The van der Waals surface area contributed by atoms with Gasteiger partial charge in [0, 0.05) is 25.7 Å². The smallest absolute Gasteiger partial charge is 0.140 e. The lowest BCUT2D eigenvalue weighted by molar-refractivity contribution is -0.118. The van der Waals surface area contributed by atoms with E-state index in [1.165, 1.54) is 0 Å². The second-order valence-electron chi connectivity index (χ2n) is 3.16. The summed E-state index contributed by atoms with van der Waals surface area (Å²) in [6.45, 7) is 0. The first-order valence-electron chi connectivity index (χ1n) is 4.47. The highest BCUT2D eigenvalue weighted by molar-refractivity contribution is 5.83. The fourth-order valence-electron chi connectivity index (χ4n) is 1.28. The zero-order chi connectivity index (χ0) is 8.81. The van der Waals surface area contributed by atoms with Gasteiger partial charge in [0.15, 0.2) is 0 Å². The van der Waals surface area contributed by atoms with Crippen molar-refractivity contribution in [3.05, 3.63) is 12.2 Å². The quantitative estimate of drug-likeness (QED) is 0.516. The summed E-state index contributed by atoms with van der Waals surface area (Å²) >= 11 is 0. The average Bonchev–Trinajstić information content (AvgIpc) is 2.63. The minimum atomic E-state index is 0.343. The number of hydrogen-bond donors (Lipinski definition) is 0. The van der Waals surface area contributed by atoms with Crippen LogP contribution in [0.5, 0.6) is 0 Å². The fraction of sp³-hybridized carbons (Fsp3) is 0.600. The maximum atomic E-state index is 10.2. The topological polar surface area (TPSA) is 34.1 Å². The SMILES string of the molecule is O=C1CC=CC1.O=C1CCCC1. The molecule has 2 heteroatoms. The van der Waals surface area contributed by atoms with Crippen LogP contribution in [-0.2, 0) is 9.59 Å². The maximum Gasteiger partial charge on any atom is 0.140 e. The number of allylic oxidation sites excluding steroid dienone is 2. The Morgan fingerprint density at radius 1 is 0.833 bits per heavy atom. The Labute approximate surface area is 72.7 Å². The van der Waals surface area contributed by atoms with Crippen LogP contribution in [0.2, 0.25) is 0 Å². The van der Waals surface area contributed by atoms with Crippen LogP contribution in [-0.4, -0.2) is 11.6 Å². The minimum Gasteiger partial charge on any atom is -0.300 e. The van der Waals surface area contributed by atoms with Crippen LogP contribution in [0.25, 0.3) is 0 Å². The first-order valence-corrected chi connectivity index (χ1v) is 4.47. The summed E-state index contributed by atoms with van der Waals surface area (Å²) in [5.41, 5.74) is 0. The molecule has 0 radical (unpaired) electrons. The third kappa shape index (κ3) is 3.46. The summed E-state index contributed by atoms with van der Waals surface area (Å²) in [5, 5.41) is 0. The molecular formula is C10H14O2. The molecule has 0 saturated heterocycles. The highest BCUT2D eigenvalue weighted by Crippen LogP contribution is 2.11. The van der Waals surface area contributed by atoms with Gasteiger partial charge < -0.3 is 0 Å². The van der Waals surface area contributed by atoms with Crippen molar-refractivity contribution < 1.29 is 9.59 Å². The van der Waals surface area contributed by atoms with Gasteiger partial charge >= 0.3 is 0 Å². The number of carbonyl (C=O) groups excluding carboxylic acids is 2. The van der Waals surface area contributed by atoms with Gasteiger partial charge in [-0.05, 0) is 12.8 Å². The van der Waals surface area contributed by atoms with E-state index in [1.807, 2.05) is 12.2 Å². The van der Waals surface area contributed by atoms with E-state index in [1.54, 1.807) is 0 Å². The molecule has 2 aliphatic rings. The van der Waals surface area contributed by atoms with Crippen LogP contribution in [0, 0.1) is 0 Å². The van der Waals surface area contributed by atoms with E-state index in [9.17, 15) is 9.59 Å². The molecule has 0 aliphatic heterocycles. The van der Waals surface area contributed by atoms with Crippen LogP contribution >= 0.6 is 0 Å². The number of hydrogen-bond acceptors (Lipinski definition) is 2. The summed E-state index contributed by atoms with van der Waals surface area (Å²) in [7, 11) is 0. The largest absolute Gasteiger partial charge is 0.300 e. The third-order valence-corrected chi connectivity index (χ3v) is 2.02. The molecule has 2 aliphatic carbocycles. The number of ketones is 2. The standard InChI is InChI=1S/C5H8O.C5H6O/c2*6-5-3-1-2-4-5/h1-4H2;1-2H,3-4H2. The van der Waals surface area contributed by atoms with E-state index >= 15 is 0 Å². The predicted octanol–water partition coefficient (Wildman–Crippen LogP) is 2.04. The Bertz CT molecular complexity index is 184. The molecule has 0 aromatic rings. The van der Waals surface area contributed by atoms with Crippen molar-refractivity contribution in [3.8, 4) is 0 Å². The molecular weight excluding hydrogens is 152 g/mol. The monoisotopic (exact) mass is 166 g/mol. The average molecular weight is 166 g/mol. The number of carbonyl (C=O) groups is 2. The second-order valence-corrected chi connectivity index (χ2v) is 3.16. The lowest BCUT2D eigenvalue weighted by Gasteiger charge is -1.72. The fourth-order valence-corrected chi connectivity index (χ4v) is 1.28. The highest BCUT2D eigenvalue weighted by atomic mass is 16.1. The van der Waals surface area contributed by atoms with Crippen molar-refractivity contribution in [2.45, 2.75) is 38.5 Å². The van der Waals surface area contributed by atoms with Crippen LogP contribution in [0.15, 0.2) is 12.2 Å². The molecule has 0 unspecified atom stereocenters. The van der Waals surface area contributed by atoms with E-state index in [0.717, 1.165) is 25.7 Å². The summed E-state index contributed by atoms with van der Waals surface area (Å²) < 4.78 is 0. The molecule has 0 heterocycles. The zero-order valence-electron chi connectivity index (χ0n) is 7.21. The van der Waals surface area contributed by atoms with E-state index in [2.05, 4.69) is 0 Å². The molecule has 0 aromatic heterocycles. The van der Waals surface area contributed by atoms with Crippen molar-refractivity contribution >= 4 is 11.6 Å². The van der Waals surface area contributed by atoms with E-state index < -0.39 is 0 Å². The van der Waals surface area contributed by atoms with Crippen LogP contribution in [0.1, 0.15) is 38.5 Å². The van der Waals surface area contributed by atoms with Gasteiger partial charge in [-0.2, -0.15) is 0 Å². The molecule has 0 amide bonds. The Hall–Kier alpha value is -0.920. The molecule has 0 atom stereocenters. The summed E-state index contributed by atoms with van der Waals surface area (Å²) in [4.78, 5) is 20.4. The summed E-state index contributed by atoms with van der Waals surface area (Å²) in [6.07, 6.45) is 9.11. The van der Waals surface area contributed by atoms with Crippen molar-refractivity contribution in [1.29, 1.82) is 0 Å². The van der Waals surface area contributed by atoms with Crippen LogP contribution in [0.4, 0.5) is 0 Å². The molecule has 2 rings (SSSR count). The molecule has 66 valence electrons. The summed E-state index contributed by atoms with van der Waals surface area (Å²) in [5.74, 6) is 0.796. The molecule has 0 N–H and O–H groups in total. The maximum absolute atomic E-state index is 10.2. The molecule has 1 fully saturated rings.